The third kappa shape index (κ3) is 4.65. The normalized spacial score (nSPS) is 13.9. The second-order valence-corrected chi connectivity index (χ2v) is 8.56. The molecule has 10 heteroatoms. The number of nitrogens with one attached hydrogen (secondary N) is 3. The maximum atomic E-state index is 12.7. The Morgan fingerprint density at radius 3 is 2.36 bits per heavy atom. The highest BCUT2D eigenvalue weighted by Gasteiger charge is 2.27. The van der Waals surface area contributed by atoms with Crippen LogP contribution in [-0.2, 0) is 24.4 Å². The lowest BCUT2D eigenvalue weighted by molar-refractivity contribution is -0.141. The Bertz CT molecular complexity index is 1030. The van der Waals surface area contributed by atoms with Gasteiger partial charge in [0.15, 0.2) is 0 Å². The fraction of sp³-hybridized carbons (Fsp3) is 0.278. The van der Waals surface area contributed by atoms with Crippen molar-refractivity contribution < 1.29 is 22.8 Å². The number of carbonyl (C=O) groups excluding carboxylic acids is 3. The van der Waals surface area contributed by atoms with Gasteiger partial charge in [-0.3, -0.25) is 25.2 Å². The zero-order valence-electron chi connectivity index (χ0n) is 15.1. The number of rotatable bonds is 5. The fourth-order valence-electron chi connectivity index (χ4n) is 2.50. The third-order valence-electron chi connectivity index (χ3n) is 4.23. The molecular weight excluding hydrogens is 384 g/mol. The molecular formula is C18H20N4O5S. The van der Waals surface area contributed by atoms with Crippen LogP contribution in [-0.4, -0.2) is 50.1 Å². The maximum absolute atomic E-state index is 12.7. The molecule has 3 amide bonds. The van der Waals surface area contributed by atoms with Crippen molar-refractivity contribution in [2.45, 2.75) is 23.8 Å². The van der Waals surface area contributed by atoms with E-state index in [9.17, 15) is 22.8 Å². The minimum Gasteiger partial charge on any atom is -0.345 e. The van der Waals surface area contributed by atoms with Crippen LogP contribution >= 0.6 is 0 Å². The summed E-state index contributed by atoms with van der Waals surface area (Å²) in [5.41, 5.74) is 4.00. The summed E-state index contributed by atoms with van der Waals surface area (Å²) in [5, 5.41) is 4.13. The van der Waals surface area contributed by atoms with Gasteiger partial charge in [0.25, 0.3) is 5.91 Å². The summed E-state index contributed by atoms with van der Waals surface area (Å²) >= 11 is 0. The van der Waals surface area contributed by atoms with Crippen molar-refractivity contribution >= 4 is 38.5 Å². The number of carbonyl (C=O) groups is 3. The van der Waals surface area contributed by atoms with Crippen molar-refractivity contribution in [1.82, 2.24) is 20.5 Å². The smallest absolute Gasteiger partial charge is 0.327 e. The Hall–Kier alpha value is -2.98. The molecule has 0 radical (unpaired) electrons. The molecule has 2 aromatic rings. The molecule has 0 aromatic heterocycles. The number of benzene rings is 2. The van der Waals surface area contributed by atoms with Gasteiger partial charge >= 0.3 is 11.8 Å². The number of nitrogens with zero attached hydrogens (tertiary/aromatic N) is 1. The summed E-state index contributed by atoms with van der Waals surface area (Å²) in [6, 6.07) is 12.0. The minimum absolute atomic E-state index is 0.00665. The van der Waals surface area contributed by atoms with Gasteiger partial charge in [0.05, 0.1) is 11.4 Å². The average Bonchev–Trinajstić information content (AvgIpc) is 3.49. The molecule has 1 aliphatic carbocycles. The van der Waals surface area contributed by atoms with E-state index in [2.05, 4.69) is 5.32 Å². The largest absolute Gasteiger partial charge is 0.345 e. The first kappa shape index (κ1) is 19.8. The van der Waals surface area contributed by atoms with Crippen molar-refractivity contribution in [3.8, 4) is 0 Å². The van der Waals surface area contributed by atoms with E-state index in [0.29, 0.717) is 0 Å². The Kier molecular flexibility index (Phi) is 5.61. The molecule has 1 saturated carbocycles. The van der Waals surface area contributed by atoms with Crippen LogP contribution in [0.1, 0.15) is 12.8 Å². The molecule has 1 aliphatic rings. The highest BCUT2D eigenvalue weighted by molar-refractivity contribution is 7.89. The van der Waals surface area contributed by atoms with Crippen LogP contribution < -0.4 is 16.2 Å². The van der Waals surface area contributed by atoms with E-state index in [1.165, 1.54) is 19.2 Å². The number of likely N-dealkylation sites (N-methyl/N-ethyl adjacent to an activating group) is 1. The molecule has 9 nitrogen and oxygen atoms in total. The summed E-state index contributed by atoms with van der Waals surface area (Å²) in [4.78, 5) is 35.1. The lowest BCUT2D eigenvalue weighted by Gasteiger charge is -2.17. The van der Waals surface area contributed by atoms with Crippen LogP contribution in [0.2, 0.25) is 0 Å². The number of hydrogen-bond acceptors (Lipinski definition) is 5. The molecule has 1 fully saturated rings. The van der Waals surface area contributed by atoms with Gasteiger partial charge in [0, 0.05) is 13.1 Å². The molecule has 0 unspecified atom stereocenters. The van der Waals surface area contributed by atoms with Crippen molar-refractivity contribution in [2.24, 2.45) is 0 Å². The second-order valence-electron chi connectivity index (χ2n) is 6.52. The van der Waals surface area contributed by atoms with Gasteiger partial charge in [-0.05, 0) is 35.7 Å². The van der Waals surface area contributed by atoms with E-state index in [1.54, 1.807) is 18.2 Å². The number of amides is 3. The molecule has 0 bridgehead atoms. The van der Waals surface area contributed by atoms with Crippen molar-refractivity contribution in [1.29, 1.82) is 0 Å². The summed E-state index contributed by atoms with van der Waals surface area (Å²) in [5.74, 6) is -2.64. The van der Waals surface area contributed by atoms with Crippen LogP contribution in [0.5, 0.6) is 0 Å². The quantitative estimate of drug-likeness (QED) is 0.474. The Labute approximate surface area is 162 Å². The molecule has 28 heavy (non-hydrogen) atoms. The van der Waals surface area contributed by atoms with Crippen molar-refractivity contribution in [2.75, 3.05) is 13.6 Å². The summed E-state index contributed by atoms with van der Waals surface area (Å²) in [6.07, 6.45) is 1.64. The van der Waals surface area contributed by atoms with Crippen molar-refractivity contribution in [3.63, 3.8) is 0 Å². The van der Waals surface area contributed by atoms with E-state index in [-0.39, 0.29) is 10.9 Å². The molecule has 0 atom stereocenters. The number of hydrazine groups is 1. The van der Waals surface area contributed by atoms with Gasteiger partial charge in [-0.25, -0.2) is 8.42 Å². The van der Waals surface area contributed by atoms with Gasteiger partial charge in [-0.2, -0.15) is 4.31 Å². The van der Waals surface area contributed by atoms with Crippen LogP contribution in [0.25, 0.3) is 10.8 Å². The molecule has 148 valence electrons. The van der Waals surface area contributed by atoms with E-state index < -0.39 is 34.3 Å². The summed E-state index contributed by atoms with van der Waals surface area (Å²) < 4.78 is 26.2. The highest BCUT2D eigenvalue weighted by atomic mass is 32.2. The molecule has 2 aromatic carbocycles. The topological polar surface area (TPSA) is 125 Å². The van der Waals surface area contributed by atoms with E-state index >= 15 is 0 Å². The zero-order valence-corrected chi connectivity index (χ0v) is 16.0. The van der Waals surface area contributed by atoms with Crippen LogP contribution in [0.3, 0.4) is 0 Å². The second kappa shape index (κ2) is 7.95. The number of hydrogen-bond donors (Lipinski definition) is 3. The first-order valence-electron chi connectivity index (χ1n) is 8.62. The zero-order chi connectivity index (χ0) is 20.3. The standard InChI is InChI=1S/C18H20N4O5S/c1-22(11-16(23)20-21-18(25)17(24)19-14-7-8-14)28(26,27)15-9-6-12-4-2-3-5-13(12)10-15/h2-6,9-10,14H,7-8,11H2,1H3,(H,19,24)(H,20,23)(H,21,25). The summed E-state index contributed by atoms with van der Waals surface area (Å²) in [7, 11) is -2.65. The van der Waals surface area contributed by atoms with Crippen LogP contribution in [0.4, 0.5) is 0 Å². The van der Waals surface area contributed by atoms with Gasteiger partial charge < -0.3 is 5.32 Å². The Morgan fingerprint density at radius 1 is 1.00 bits per heavy atom. The molecule has 3 rings (SSSR count). The van der Waals surface area contributed by atoms with E-state index in [4.69, 9.17) is 0 Å². The third-order valence-corrected chi connectivity index (χ3v) is 6.03. The van der Waals surface area contributed by atoms with Crippen molar-refractivity contribution in [3.05, 3.63) is 42.5 Å². The SMILES string of the molecule is CN(CC(=O)NNC(=O)C(=O)NC1CC1)S(=O)(=O)c1ccc2ccccc2c1. The average molecular weight is 404 g/mol. The molecule has 0 aliphatic heterocycles. The van der Waals surface area contributed by atoms with E-state index in [0.717, 1.165) is 27.9 Å². The van der Waals surface area contributed by atoms with Crippen LogP contribution in [0.15, 0.2) is 47.4 Å². The summed E-state index contributed by atoms with van der Waals surface area (Å²) in [6.45, 7) is -0.528. The monoisotopic (exact) mass is 404 g/mol. The lowest BCUT2D eigenvalue weighted by atomic mass is 10.1. The Balaban J connectivity index is 1.58. The number of fused-ring (bicyclic) bond motifs is 1. The lowest BCUT2D eigenvalue weighted by Crippen LogP contribution is -2.51. The van der Waals surface area contributed by atoms with Gasteiger partial charge in [-0.15, -0.1) is 0 Å². The molecule has 0 spiro atoms. The fourth-order valence-corrected chi connectivity index (χ4v) is 3.66. The number of sulfonamides is 1. The predicted octanol–water partition coefficient (Wildman–Crippen LogP) is -0.114. The van der Waals surface area contributed by atoms with Gasteiger partial charge in [0.2, 0.25) is 10.0 Å². The first-order valence-corrected chi connectivity index (χ1v) is 10.1. The molecule has 0 heterocycles. The van der Waals surface area contributed by atoms with Crippen LogP contribution in [0, 0.1) is 0 Å². The van der Waals surface area contributed by atoms with Gasteiger partial charge in [-0.1, -0.05) is 30.3 Å². The highest BCUT2D eigenvalue weighted by Crippen LogP contribution is 2.21. The molecule has 3 N–H and O–H groups in total. The predicted molar refractivity (Wildman–Crippen MR) is 101 cm³/mol. The maximum Gasteiger partial charge on any atom is 0.327 e. The van der Waals surface area contributed by atoms with E-state index in [1.807, 2.05) is 23.0 Å². The minimum atomic E-state index is -3.91. The van der Waals surface area contributed by atoms with Gasteiger partial charge in [0.1, 0.15) is 0 Å². The molecule has 0 saturated heterocycles. The first-order chi connectivity index (χ1) is 13.3. The Morgan fingerprint density at radius 2 is 1.68 bits per heavy atom.